The summed E-state index contributed by atoms with van der Waals surface area (Å²) in [5, 5.41) is 10.6. The summed E-state index contributed by atoms with van der Waals surface area (Å²) in [4.78, 5) is 21.0. The molecule has 12 heavy (non-hydrogen) atoms. The van der Waals surface area contributed by atoms with Crippen LogP contribution < -0.4 is 5.56 Å². The fourth-order valence-electron chi connectivity index (χ4n) is 0.828. The standard InChI is InChI=1S/C6H7FN2O3/c1-3-5(7)6(12)9(8-3)2-4(10)11/h8H,2H2,1H3,(H,10,11). The molecule has 0 radical (unpaired) electrons. The molecule has 0 amide bonds. The van der Waals surface area contributed by atoms with E-state index in [0.717, 1.165) is 0 Å². The molecule has 0 bridgehead atoms. The van der Waals surface area contributed by atoms with E-state index in [2.05, 4.69) is 5.10 Å². The quantitative estimate of drug-likeness (QED) is 0.646. The van der Waals surface area contributed by atoms with Crippen molar-refractivity contribution in [3.05, 3.63) is 21.9 Å². The lowest BCUT2D eigenvalue weighted by Gasteiger charge is -1.93. The van der Waals surface area contributed by atoms with Crippen LogP contribution in [0.2, 0.25) is 0 Å². The Morgan fingerprint density at radius 3 is 2.67 bits per heavy atom. The zero-order valence-corrected chi connectivity index (χ0v) is 6.30. The first-order valence-corrected chi connectivity index (χ1v) is 3.19. The van der Waals surface area contributed by atoms with Gasteiger partial charge in [0.2, 0.25) is 5.82 Å². The van der Waals surface area contributed by atoms with Crippen molar-refractivity contribution in [1.29, 1.82) is 0 Å². The summed E-state index contributed by atoms with van der Waals surface area (Å²) in [5.41, 5.74) is -0.892. The highest BCUT2D eigenvalue weighted by Crippen LogP contribution is 1.94. The van der Waals surface area contributed by atoms with Crippen LogP contribution in [0.25, 0.3) is 0 Å². The van der Waals surface area contributed by atoms with Gasteiger partial charge in [0, 0.05) is 0 Å². The number of rotatable bonds is 2. The minimum absolute atomic E-state index is 0.0428. The molecule has 0 saturated carbocycles. The van der Waals surface area contributed by atoms with Crippen molar-refractivity contribution in [2.45, 2.75) is 13.5 Å². The van der Waals surface area contributed by atoms with E-state index in [-0.39, 0.29) is 5.69 Å². The van der Waals surface area contributed by atoms with Gasteiger partial charge < -0.3 is 5.11 Å². The number of nitrogens with one attached hydrogen (secondary N) is 1. The van der Waals surface area contributed by atoms with Crippen LogP contribution in [0, 0.1) is 12.7 Å². The Hall–Kier alpha value is -1.59. The van der Waals surface area contributed by atoms with Crippen molar-refractivity contribution in [3.8, 4) is 0 Å². The summed E-state index contributed by atoms with van der Waals surface area (Å²) < 4.78 is 13.3. The van der Waals surface area contributed by atoms with Crippen LogP contribution >= 0.6 is 0 Å². The highest BCUT2D eigenvalue weighted by Gasteiger charge is 2.11. The monoisotopic (exact) mass is 174 g/mol. The second kappa shape index (κ2) is 2.80. The molecule has 1 aromatic rings. The van der Waals surface area contributed by atoms with Gasteiger partial charge in [-0.1, -0.05) is 0 Å². The maximum Gasteiger partial charge on any atom is 0.325 e. The molecule has 1 heterocycles. The minimum atomic E-state index is -1.20. The molecule has 1 aromatic heterocycles. The van der Waals surface area contributed by atoms with E-state index in [1.807, 2.05) is 0 Å². The first kappa shape index (κ1) is 8.51. The highest BCUT2D eigenvalue weighted by molar-refractivity contribution is 5.66. The predicted molar refractivity (Wildman–Crippen MR) is 37.4 cm³/mol. The lowest BCUT2D eigenvalue weighted by Crippen LogP contribution is -2.22. The number of hydrogen-bond donors (Lipinski definition) is 2. The number of halogens is 1. The van der Waals surface area contributed by atoms with Gasteiger partial charge in [0.1, 0.15) is 6.54 Å². The largest absolute Gasteiger partial charge is 0.480 e. The number of nitrogens with zero attached hydrogens (tertiary/aromatic N) is 1. The first-order chi connectivity index (χ1) is 5.52. The van der Waals surface area contributed by atoms with Crippen LogP contribution in [0.15, 0.2) is 4.79 Å². The number of carboxylic acids is 1. The van der Waals surface area contributed by atoms with Crippen LogP contribution in [0.1, 0.15) is 5.69 Å². The van der Waals surface area contributed by atoms with E-state index in [0.29, 0.717) is 4.68 Å². The van der Waals surface area contributed by atoms with Crippen LogP contribution in [0.5, 0.6) is 0 Å². The number of carboxylic acid groups (broad SMARTS) is 1. The highest BCUT2D eigenvalue weighted by atomic mass is 19.1. The first-order valence-electron chi connectivity index (χ1n) is 3.19. The number of aromatic amines is 1. The number of aliphatic carboxylic acids is 1. The van der Waals surface area contributed by atoms with E-state index in [1.54, 1.807) is 0 Å². The van der Waals surface area contributed by atoms with Crippen molar-refractivity contribution in [2.75, 3.05) is 0 Å². The number of carbonyl (C=O) groups is 1. The third-order valence-corrected chi connectivity index (χ3v) is 1.36. The van der Waals surface area contributed by atoms with Gasteiger partial charge in [0.25, 0.3) is 0 Å². The molecule has 0 aliphatic heterocycles. The Labute approximate surface area is 66.4 Å². The smallest absolute Gasteiger partial charge is 0.325 e. The van der Waals surface area contributed by atoms with Crippen molar-refractivity contribution in [1.82, 2.24) is 9.78 Å². The average Bonchev–Trinajstić information content (AvgIpc) is 2.17. The summed E-state index contributed by atoms with van der Waals surface area (Å²) in [7, 11) is 0. The Morgan fingerprint density at radius 2 is 2.33 bits per heavy atom. The average molecular weight is 174 g/mol. The van der Waals surface area contributed by atoms with E-state index >= 15 is 0 Å². The van der Waals surface area contributed by atoms with Gasteiger partial charge >= 0.3 is 11.5 Å². The maximum atomic E-state index is 12.6. The van der Waals surface area contributed by atoms with Crippen molar-refractivity contribution >= 4 is 5.97 Å². The van der Waals surface area contributed by atoms with Gasteiger partial charge in [0.05, 0.1) is 5.69 Å². The van der Waals surface area contributed by atoms with Gasteiger partial charge in [-0.3, -0.25) is 14.7 Å². The lowest BCUT2D eigenvalue weighted by molar-refractivity contribution is -0.137. The second-order valence-corrected chi connectivity index (χ2v) is 2.34. The lowest BCUT2D eigenvalue weighted by atomic mass is 10.5. The van der Waals surface area contributed by atoms with Crippen molar-refractivity contribution in [2.24, 2.45) is 0 Å². The fraction of sp³-hybridized carbons (Fsp3) is 0.333. The molecule has 0 aliphatic rings. The van der Waals surface area contributed by atoms with Gasteiger partial charge in [-0.2, -0.15) is 4.39 Å². The van der Waals surface area contributed by atoms with Crippen molar-refractivity contribution < 1.29 is 14.3 Å². The summed E-state index contributed by atoms with van der Waals surface area (Å²) in [6.45, 7) is 0.804. The molecule has 2 N–H and O–H groups in total. The van der Waals surface area contributed by atoms with Gasteiger partial charge in [0.15, 0.2) is 0 Å². The second-order valence-electron chi connectivity index (χ2n) is 2.34. The van der Waals surface area contributed by atoms with Crippen LogP contribution in [0.4, 0.5) is 4.39 Å². The molecular weight excluding hydrogens is 167 g/mol. The van der Waals surface area contributed by atoms with Gasteiger partial charge in [-0.15, -0.1) is 0 Å². The van der Waals surface area contributed by atoms with Crippen LogP contribution in [-0.2, 0) is 11.3 Å². The minimum Gasteiger partial charge on any atom is -0.480 e. The van der Waals surface area contributed by atoms with Crippen LogP contribution in [-0.4, -0.2) is 20.9 Å². The summed E-state index contributed by atoms with van der Waals surface area (Å²) in [6, 6.07) is 0. The molecule has 0 aliphatic carbocycles. The number of aromatic nitrogens is 2. The Balaban J connectivity index is 3.10. The molecule has 0 spiro atoms. The predicted octanol–water partition coefficient (Wildman–Crippen LogP) is -0.291. The SMILES string of the molecule is Cc1[nH]n(CC(=O)O)c(=O)c1F. The van der Waals surface area contributed by atoms with Gasteiger partial charge in [-0.25, -0.2) is 4.68 Å². The number of H-pyrrole nitrogens is 1. The van der Waals surface area contributed by atoms with E-state index in [4.69, 9.17) is 5.11 Å². The van der Waals surface area contributed by atoms with E-state index in [1.165, 1.54) is 6.92 Å². The molecule has 0 aromatic carbocycles. The van der Waals surface area contributed by atoms with E-state index < -0.39 is 23.9 Å². The Bertz CT molecular complexity index is 365. The molecule has 5 nitrogen and oxygen atoms in total. The molecule has 6 heteroatoms. The maximum absolute atomic E-state index is 12.6. The summed E-state index contributed by atoms with van der Waals surface area (Å²) in [5.74, 6) is -2.13. The molecule has 0 atom stereocenters. The Morgan fingerprint density at radius 1 is 1.75 bits per heavy atom. The summed E-state index contributed by atoms with van der Waals surface area (Å²) in [6.07, 6.45) is 0. The molecule has 0 fully saturated rings. The summed E-state index contributed by atoms with van der Waals surface area (Å²) >= 11 is 0. The number of hydrogen-bond acceptors (Lipinski definition) is 2. The topological polar surface area (TPSA) is 75.1 Å². The normalized spacial score (nSPS) is 10.2. The zero-order valence-electron chi connectivity index (χ0n) is 6.30. The number of aryl methyl sites for hydroxylation is 1. The molecule has 0 saturated heterocycles. The Kier molecular flexibility index (Phi) is 1.99. The van der Waals surface area contributed by atoms with Crippen molar-refractivity contribution in [3.63, 3.8) is 0 Å². The molecule has 66 valence electrons. The van der Waals surface area contributed by atoms with E-state index in [9.17, 15) is 14.0 Å². The van der Waals surface area contributed by atoms with Gasteiger partial charge in [-0.05, 0) is 6.92 Å². The molecule has 1 rings (SSSR count). The zero-order chi connectivity index (χ0) is 9.30. The molecule has 0 unspecified atom stereocenters. The third kappa shape index (κ3) is 1.36. The third-order valence-electron chi connectivity index (χ3n) is 1.36. The van der Waals surface area contributed by atoms with Crippen LogP contribution in [0.3, 0.4) is 0 Å². The molecular formula is C6H7FN2O3. The fourth-order valence-corrected chi connectivity index (χ4v) is 0.828.